The van der Waals surface area contributed by atoms with E-state index in [2.05, 4.69) is 5.32 Å². The zero-order chi connectivity index (χ0) is 11.6. The fraction of sp³-hybridized carbons (Fsp3) is 0.700. The number of nitrogens with zero attached hydrogens (tertiary/aromatic N) is 2. The van der Waals surface area contributed by atoms with Gasteiger partial charge in [0.1, 0.15) is 11.5 Å². The lowest BCUT2D eigenvalue weighted by Crippen LogP contribution is -2.58. The summed E-state index contributed by atoms with van der Waals surface area (Å²) in [6.07, 6.45) is 0. The average molecular weight is 209 g/mol. The molecule has 1 unspecified atom stereocenters. The molecule has 1 saturated heterocycles. The lowest BCUT2D eigenvalue weighted by Gasteiger charge is -2.35. The largest absolute Gasteiger partial charge is 0.353 e. The van der Waals surface area contributed by atoms with Crippen molar-refractivity contribution in [2.75, 3.05) is 13.1 Å². The van der Waals surface area contributed by atoms with E-state index in [9.17, 15) is 9.59 Å². The van der Waals surface area contributed by atoms with Gasteiger partial charge in [0.2, 0.25) is 11.8 Å². The van der Waals surface area contributed by atoms with Crippen LogP contribution in [0.5, 0.6) is 0 Å². The van der Waals surface area contributed by atoms with Crippen LogP contribution in [0.1, 0.15) is 20.8 Å². The number of hydrogen-bond acceptors (Lipinski definition) is 3. The number of carbonyl (C=O) groups is 2. The predicted molar refractivity (Wildman–Crippen MR) is 53.6 cm³/mol. The Bertz CT molecular complexity index is 330. The van der Waals surface area contributed by atoms with Crippen LogP contribution in [0.25, 0.3) is 0 Å². The molecule has 15 heavy (non-hydrogen) atoms. The van der Waals surface area contributed by atoms with Gasteiger partial charge in [-0.3, -0.25) is 9.59 Å². The SMILES string of the molecule is CC1C(=O)NCCN1C(=O)C(C)(C)C#N. The van der Waals surface area contributed by atoms with Crippen LogP contribution in [-0.4, -0.2) is 35.8 Å². The Kier molecular flexibility index (Phi) is 2.98. The van der Waals surface area contributed by atoms with Crippen molar-refractivity contribution in [1.82, 2.24) is 10.2 Å². The standard InChI is InChI=1S/C10H15N3O2/c1-7-8(14)12-4-5-13(7)9(15)10(2,3)6-11/h7H,4-5H2,1-3H3,(H,12,14). The van der Waals surface area contributed by atoms with Crippen LogP contribution >= 0.6 is 0 Å². The Morgan fingerprint density at radius 1 is 1.67 bits per heavy atom. The van der Waals surface area contributed by atoms with E-state index >= 15 is 0 Å². The zero-order valence-electron chi connectivity index (χ0n) is 9.20. The monoisotopic (exact) mass is 209 g/mol. The number of carbonyl (C=O) groups excluding carboxylic acids is 2. The highest BCUT2D eigenvalue weighted by Crippen LogP contribution is 2.20. The summed E-state index contributed by atoms with van der Waals surface area (Å²) in [5.41, 5.74) is -1.06. The second kappa shape index (κ2) is 3.89. The quantitative estimate of drug-likeness (QED) is 0.654. The minimum absolute atomic E-state index is 0.164. The third-order valence-electron chi connectivity index (χ3n) is 2.57. The highest BCUT2D eigenvalue weighted by molar-refractivity contribution is 5.91. The molecule has 1 atom stereocenters. The first-order valence-electron chi connectivity index (χ1n) is 4.90. The Hall–Kier alpha value is -1.57. The molecule has 0 aromatic carbocycles. The van der Waals surface area contributed by atoms with Gasteiger partial charge >= 0.3 is 0 Å². The molecule has 0 spiro atoms. The van der Waals surface area contributed by atoms with Gasteiger partial charge in [-0.2, -0.15) is 5.26 Å². The Labute approximate surface area is 89.0 Å². The molecule has 1 aliphatic rings. The van der Waals surface area contributed by atoms with Crippen molar-refractivity contribution in [1.29, 1.82) is 5.26 Å². The molecule has 82 valence electrons. The molecular formula is C10H15N3O2. The molecule has 1 aliphatic heterocycles. The molecule has 1 rings (SSSR count). The highest BCUT2D eigenvalue weighted by Gasteiger charge is 2.37. The number of piperazine rings is 1. The molecule has 0 aliphatic carbocycles. The van der Waals surface area contributed by atoms with Crippen LogP contribution < -0.4 is 5.32 Å². The van der Waals surface area contributed by atoms with Crippen molar-refractivity contribution in [3.63, 3.8) is 0 Å². The molecule has 0 aromatic rings. The molecule has 0 radical (unpaired) electrons. The van der Waals surface area contributed by atoms with Gasteiger partial charge < -0.3 is 10.2 Å². The van der Waals surface area contributed by atoms with Gasteiger partial charge in [-0.05, 0) is 20.8 Å². The number of hydrogen-bond donors (Lipinski definition) is 1. The molecule has 0 bridgehead atoms. The second-order valence-corrected chi connectivity index (χ2v) is 4.20. The molecule has 2 amide bonds. The van der Waals surface area contributed by atoms with Crippen LogP contribution in [0.3, 0.4) is 0 Å². The number of nitriles is 1. The molecule has 0 aromatic heterocycles. The number of amides is 2. The first kappa shape index (κ1) is 11.5. The van der Waals surface area contributed by atoms with Gasteiger partial charge in [0.15, 0.2) is 0 Å². The maximum absolute atomic E-state index is 11.9. The molecule has 5 nitrogen and oxygen atoms in total. The predicted octanol–water partition coefficient (Wildman–Crippen LogP) is -0.117. The Balaban J connectivity index is 2.85. The summed E-state index contributed by atoms with van der Waals surface area (Å²) in [6, 6.07) is 1.46. The van der Waals surface area contributed by atoms with Crippen molar-refractivity contribution in [3.8, 4) is 6.07 Å². The summed E-state index contributed by atoms with van der Waals surface area (Å²) in [5.74, 6) is -0.448. The zero-order valence-corrected chi connectivity index (χ0v) is 9.20. The van der Waals surface area contributed by atoms with Gasteiger partial charge in [-0.1, -0.05) is 0 Å². The Morgan fingerprint density at radius 2 is 2.27 bits per heavy atom. The van der Waals surface area contributed by atoms with Gasteiger partial charge in [-0.15, -0.1) is 0 Å². The molecule has 1 N–H and O–H groups in total. The van der Waals surface area contributed by atoms with E-state index in [0.717, 1.165) is 0 Å². The van der Waals surface area contributed by atoms with E-state index in [4.69, 9.17) is 5.26 Å². The topological polar surface area (TPSA) is 73.2 Å². The van der Waals surface area contributed by atoms with Crippen molar-refractivity contribution >= 4 is 11.8 Å². The summed E-state index contributed by atoms with van der Waals surface area (Å²) < 4.78 is 0. The number of nitrogens with one attached hydrogen (secondary N) is 1. The fourth-order valence-electron chi connectivity index (χ4n) is 1.47. The van der Waals surface area contributed by atoms with E-state index < -0.39 is 11.5 Å². The molecule has 1 heterocycles. The van der Waals surface area contributed by atoms with Crippen LogP contribution in [-0.2, 0) is 9.59 Å². The Morgan fingerprint density at radius 3 is 2.80 bits per heavy atom. The van der Waals surface area contributed by atoms with Crippen LogP contribution in [0.2, 0.25) is 0 Å². The van der Waals surface area contributed by atoms with Crippen molar-refractivity contribution in [2.24, 2.45) is 5.41 Å². The normalized spacial score (nSPS) is 21.9. The summed E-state index contributed by atoms with van der Waals surface area (Å²) in [5, 5.41) is 11.5. The fourth-order valence-corrected chi connectivity index (χ4v) is 1.47. The maximum Gasteiger partial charge on any atom is 0.243 e. The van der Waals surface area contributed by atoms with Gasteiger partial charge in [-0.25, -0.2) is 0 Å². The molecule has 1 fully saturated rings. The van der Waals surface area contributed by atoms with E-state index in [1.165, 1.54) is 4.90 Å². The van der Waals surface area contributed by atoms with Crippen molar-refractivity contribution in [3.05, 3.63) is 0 Å². The molecular weight excluding hydrogens is 194 g/mol. The van der Waals surface area contributed by atoms with Gasteiger partial charge in [0, 0.05) is 13.1 Å². The van der Waals surface area contributed by atoms with Crippen LogP contribution in [0.4, 0.5) is 0 Å². The first-order chi connectivity index (χ1) is 6.90. The summed E-state index contributed by atoms with van der Waals surface area (Å²) in [7, 11) is 0. The summed E-state index contributed by atoms with van der Waals surface area (Å²) in [4.78, 5) is 24.7. The number of rotatable bonds is 1. The van der Waals surface area contributed by atoms with E-state index in [0.29, 0.717) is 13.1 Å². The van der Waals surface area contributed by atoms with Crippen LogP contribution in [0, 0.1) is 16.7 Å². The van der Waals surface area contributed by atoms with Crippen molar-refractivity contribution in [2.45, 2.75) is 26.8 Å². The lowest BCUT2D eigenvalue weighted by molar-refractivity contribution is -0.147. The average Bonchev–Trinajstić information content (AvgIpc) is 2.21. The summed E-state index contributed by atoms with van der Waals surface area (Å²) in [6.45, 7) is 5.72. The van der Waals surface area contributed by atoms with E-state index in [-0.39, 0.29) is 11.8 Å². The van der Waals surface area contributed by atoms with Gasteiger partial charge in [0.05, 0.1) is 6.07 Å². The highest BCUT2D eigenvalue weighted by atomic mass is 16.2. The molecule has 5 heteroatoms. The smallest absolute Gasteiger partial charge is 0.243 e. The van der Waals surface area contributed by atoms with Gasteiger partial charge in [0.25, 0.3) is 0 Å². The minimum atomic E-state index is -1.06. The van der Waals surface area contributed by atoms with E-state index in [1.807, 2.05) is 6.07 Å². The molecule has 0 saturated carbocycles. The maximum atomic E-state index is 11.9. The lowest BCUT2D eigenvalue weighted by atomic mass is 9.92. The third kappa shape index (κ3) is 2.09. The second-order valence-electron chi connectivity index (χ2n) is 4.20. The van der Waals surface area contributed by atoms with Crippen molar-refractivity contribution < 1.29 is 9.59 Å². The van der Waals surface area contributed by atoms with Crippen LogP contribution in [0.15, 0.2) is 0 Å². The first-order valence-corrected chi connectivity index (χ1v) is 4.90. The van der Waals surface area contributed by atoms with E-state index in [1.54, 1.807) is 20.8 Å². The minimum Gasteiger partial charge on any atom is -0.353 e. The summed E-state index contributed by atoms with van der Waals surface area (Å²) >= 11 is 0. The third-order valence-corrected chi connectivity index (χ3v) is 2.57.